The van der Waals surface area contributed by atoms with Crippen molar-refractivity contribution < 1.29 is 9.50 Å². The Morgan fingerprint density at radius 3 is 2.80 bits per heavy atom. The van der Waals surface area contributed by atoms with E-state index in [0.29, 0.717) is 17.9 Å². The van der Waals surface area contributed by atoms with Crippen LogP contribution in [0.15, 0.2) is 18.2 Å². The molecule has 1 fully saturated rings. The topological polar surface area (TPSA) is 20.2 Å². The van der Waals surface area contributed by atoms with Crippen LogP contribution in [0, 0.1) is 11.7 Å². The van der Waals surface area contributed by atoms with Crippen LogP contribution >= 0.6 is 11.6 Å². The van der Waals surface area contributed by atoms with E-state index in [1.165, 1.54) is 12.5 Å². The summed E-state index contributed by atoms with van der Waals surface area (Å²) in [6.07, 6.45) is 3.25. The number of rotatable bonds is 3. The number of aliphatic hydroxyl groups excluding tert-OH is 1. The predicted molar refractivity (Wildman–Crippen MR) is 58.5 cm³/mol. The molecule has 0 amide bonds. The molecule has 3 heteroatoms. The van der Waals surface area contributed by atoms with Crippen LogP contribution in [0.25, 0.3) is 0 Å². The molecule has 1 aliphatic rings. The van der Waals surface area contributed by atoms with Crippen molar-refractivity contribution in [3.05, 3.63) is 34.6 Å². The second-order valence-corrected chi connectivity index (χ2v) is 4.58. The SMILES string of the molecule is OC(Cc1cccc(Cl)c1F)C1CCC1. The number of hydrogen-bond donors (Lipinski definition) is 1. The maximum absolute atomic E-state index is 13.5. The van der Waals surface area contributed by atoms with Gasteiger partial charge in [0.2, 0.25) is 0 Å². The van der Waals surface area contributed by atoms with Crippen molar-refractivity contribution in [2.75, 3.05) is 0 Å². The van der Waals surface area contributed by atoms with Gasteiger partial charge in [-0.25, -0.2) is 4.39 Å². The van der Waals surface area contributed by atoms with E-state index in [9.17, 15) is 9.50 Å². The van der Waals surface area contributed by atoms with E-state index in [1.54, 1.807) is 12.1 Å². The van der Waals surface area contributed by atoms with E-state index < -0.39 is 11.9 Å². The fourth-order valence-electron chi connectivity index (χ4n) is 1.92. The zero-order valence-electron chi connectivity index (χ0n) is 8.42. The zero-order valence-corrected chi connectivity index (χ0v) is 9.17. The average Bonchev–Trinajstić information content (AvgIpc) is 2.10. The van der Waals surface area contributed by atoms with Crippen LogP contribution in [0.1, 0.15) is 24.8 Å². The van der Waals surface area contributed by atoms with Crippen LogP contribution < -0.4 is 0 Å². The maximum atomic E-state index is 13.5. The summed E-state index contributed by atoms with van der Waals surface area (Å²) in [5, 5.41) is 9.96. The monoisotopic (exact) mass is 228 g/mol. The first kappa shape index (κ1) is 10.9. The van der Waals surface area contributed by atoms with Crippen molar-refractivity contribution in [1.29, 1.82) is 0 Å². The molecule has 1 aliphatic carbocycles. The quantitative estimate of drug-likeness (QED) is 0.843. The molecule has 1 atom stereocenters. The summed E-state index contributed by atoms with van der Waals surface area (Å²) in [4.78, 5) is 0. The Balaban J connectivity index is 2.06. The largest absolute Gasteiger partial charge is 0.392 e. The van der Waals surface area contributed by atoms with Gasteiger partial charge in [-0.1, -0.05) is 30.2 Å². The van der Waals surface area contributed by atoms with Crippen LogP contribution in [0.5, 0.6) is 0 Å². The van der Waals surface area contributed by atoms with Crippen molar-refractivity contribution in [2.45, 2.75) is 31.8 Å². The Bertz CT molecular complexity index is 349. The van der Waals surface area contributed by atoms with Crippen LogP contribution in [0.3, 0.4) is 0 Å². The normalized spacial score (nSPS) is 18.6. The molecular weight excluding hydrogens is 215 g/mol. The third-order valence-corrected chi connectivity index (χ3v) is 3.45. The second-order valence-electron chi connectivity index (χ2n) is 4.18. The number of hydrogen-bond acceptors (Lipinski definition) is 1. The molecule has 15 heavy (non-hydrogen) atoms. The predicted octanol–water partition coefficient (Wildman–Crippen LogP) is 3.18. The lowest BCUT2D eigenvalue weighted by Crippen LogP contribution is -2.28. The highest BCUT2D eigenvalue weighted by molar-refractivity contribution is 6.30. The molecule has 82 valence electrons. The summed E-state index contributed by atoms with van der Waals surface area (Å²) in [5.74, 6) is -0.0408. The van der Waals surface area contributed by atoms with Gasteiger partial charge in [0.25, 0.3) is 0 Å². The van der Waals surface area contributed by atoms with Gasteiger partial charge in [0.05, 0.1) is 11.1 Å². The average molecular weight is 229 g/mol. The van der Waals surface area contributed by atoms with Crippen LogP contribution in [-0.2, 0) is 6.42 Å². The summed E-state index contributed by atoms with van der Waals surface area (Å²) < 4.78 is 13.5. The smallest absolute Gasteiger partial charge is 0.145 e. The first-order valence-electron chi connectivity index (χ1n) is 5.29. The van der Waals surface area contributed by atoms with Crippen LogP contribution in [-0.4, -0.2) is 11.2 Å². The molecule has 1 saturated carbocycles. The number of benzene rings is 1. The van der Waals surface area contributed by atoms with Gasteiger partial charge in [-0.15, -0.1) is 0 Å². The van der Waals surface area contributed by atoms with E-state index in [4.69, 9.17) is 11.6 Å². The van der Waals surface area contributed by atoms with Gasteiger partial charge < -0.3 is 5.11 Å². The van der Waals surface area contributed by atoms with E-state index in [1.807, 2.05) is 0 Å². The molecule has 0 heterocycles. The fraction of sp³-hybridized carbons (Fsp3) is 0.500. The van der Waals surface area contributed by atoms with Gasteiger partial charge in [0.15, 0.2) is 0 Å². The lowest BCUT2D eigenvalue weighted by Gasteiger charge is -2.30. The van der Waals surface area contributed by atoms with Gasteiger partial charge in [0, 0.05) is 6.42 Å². The molecule has 1 nitrogen and oxygen atoms in total. The molecule has 1 unspecified atom stereocenters. The molecule has 0 aromatic heterocycles. The molecular formula is C12H14ClFO. The Morgan fingerprint density at radius 2 is 2.20 bits per heavy atom. The van der Waals surface area contributed by atoms with Gasteiger partial charge in [-0.2, -0.15) is 0 Å². The molecule has 1 N–H and O–H groups in total. The summed E-state index contributed by atoms with van der Waals surface area (Å²) >= 11 is 5.67. The minimum Gasteiger partial charge on any atom is -0.392 e. The van der Waals surface area contributed by atoms with Crippen molar-refractivity contribution in [3.8, 4) is 0 Å². The lowest BCUT2D eigenvalue weighted by atomic mass is 9.79. The van der Waals surface area contributed by atoms with E-state index >= 15 is 0 Å². The molecule has 2 rings (SSSR count). The van der Waals surface area contributed by atoms with Crippen molar-refractivity contribution in [1.82, 2.24) is 0 Å². The van der Waals surface area contributed by atoms with Crippen molar-refractivity contribution in [2.24, 2.45) is 5.92 Å². The van der Waals surface area contributed by atoms with Crippen LogP contribution in [0.4, 0.5) is 4.39 Å². The standard InChI is InChI=1S/C12H14ClFO/c13-10-6-2-5-9(12(10)14)7-11(15)8-3-1-4-8/h2,5-6,8,11,15H,1,3-4,7H2. The Labute approximate surface area is 93.9 Å². The highest BCUT2D eigenvalue weighted by Crippen LogP contribution is 2.31. The molecule has 0 bridgehead atoms. The first-order chi connectivity index (χ1) is 7.18. The van der Waals surface area contributed by atoms with Gasteiger partial charge >= 0.3 is 0 Å². The lowest BCUT2D eigenvalue weighted by molar-refractivity contribution is 0.0623. The number of aliphatic hydroxyl groups is 1. The van der Waals surface area contributed by atoms with E-state index in [2.05, 4.69) is 0 Å². The minimum atomic E-state index is -0.424. The number of halogens is 2. The molecule has 1 aromatic carbocycles. The zero-order chi connectivity index (χ0) is 10.8. The molecule has 0 saturated heterocycles. The highest BCUT2D eigenvalue weighted by Gasteiger charge is 2.26. The minimum absolute atomic E-state index is 0.133. The van der Waals surface area contributed by atoms with Gasteiger partial charge in [-0.05, 0) is 30.4 Å². The molecule has 0 aliphatic heterocycles. The fourth-order valence-corrected chi connectivity index (χ4v) is 2.12. The first-order valence-corrected chi connectivity index (χ1v) is 5.67. The van der Waals surface area contributed by atoms with Gasteiger partial charge in [-0.3, -0.25) is 0 Å². The highest BCUT2D eigenvalue weighted by atomic mass is 35.5. The summed E-state index contributed by atoms with van der Waals surface area (Å²) in [5.41, 5.74) is 0.516. The van der Waals surface area contributed by atoms with Crippen molar-refractivity contribution >= 4 is 11.6 Å². The van der Waals surface area contributed by atoms with Gasteiger partial charge in [0.1, 0.15) is 5.82 Å². The van der Waals surface area contributed by atoms with Crippen LogP contribution in [0.2, 0.25) is 5.02 Å². The summed E-state index contributed by atoms with van der Waals surface area (Å²) in [7, 11) is 0. The summed E-state index contributed by atoms with van der Waals surface area (Å²) in [6, 6.07) is 4.92. The van der Waals surface area contributed by atoms with Crippen molar-refractivity contribution in [3.63, 3.8) is 0 Å². The van der Waals surface area contributed by atoms with E-state index in [0.717, 1.165) is 12.8 Å². The Morgan fingerprint density at radius 1 is 1.47 bits per heavy atom. The van der Waals surface area contributed by atoms with E-state index in [-0.39, 0.29) is 5.02 Å². The Kier molecular flexibility index (Phi) is 3.27. The molecule has 1 aromatic rings. The third-order valence-electron chi connectivity index (χ3n) is 3.15. The maximum Gasteiger partial charge on any atom is 0.145 e. The third kappa shape index (κ3) is 2.32. The second kappa shape index (κ2) is 4.50. The Hall–Kier alpha value is -0.600. The molecule has 0 spiro atoms. The summed E-state index contributed by atoms with van der Waals surface area (Å²) in [6.45, 7) is 0. The molecule has 0 radical (unpaired) electrons.